The monoisotopic (exact) mass is 393 g/mol. The van der Waals surface area contributed by atoms with Crippen molar-refractivity contribution in [3.05, 3.63) is 29.8 Å². The van der Waals surface area contributed by atoms with Gasteiger partial charge < -0.3 is 24.8 Å². The van der Waals surface area contributed by atoms with E-state index in [4.69, 9.17) is 14.6 Å². The fraction of sp³-hybridized carbons (Fsp3) is 0.600. The normalized spacial score (nSPS) is 17.0. The van der Waals surface area contributed by atoms with E-state index < -0.39 is 5.97 Å². The molecule has 0 spiro atoms. The number of morpholine rings is 1. The summed E-state index contributed by atoms with van der Waals surface area (Å²) in [5.41, 5.74) is 1.15. The zero-order valence-electron chi connectivity index (χ0n) is 16.9. The molecule has 0 radical (unpaired) electrons. The Morgan fingerprint density at radius 3 is 2.86 bits per heavy atom. The summed E-state index contributed by atoms with van der Waals surface area (Å²) in [5.74, 6) is 0.335. The summed E-state index contributed by atoms with van der Waals surface area (Å²) in [7, 11) is 1.73. The Bertz CT molecular complexity index is 652. The van der Waals surface area contributed by atoms with Gasteiger partial charge in [0.25, 0.3) is 0 Å². The van der Waals surface area contributed by atoms with E-state index in [1.165, 1.54) is 0 Å². The number of rotatable bonds is 9. The first-order chi connectivity index (χ1) is 13.4. The summed E-state index contributed by atoms with van der Waals surface area (Å²) >= 11 is 0. The molecule has 1 aromatic carbocycles. The van der Waals surface area contributed by atoms with Crippen molar-refractivity contribution in [3.8, 4) is 5.75 Å². The molecule has 156 valence electrons. The van der Waals surface area contributed by atoms with Crippen molar-refractivity contribution in [3.63, 3.8) is 0 Å². The Hall–Kier alpha value is -2.32. The lowest BCUT2D eigenvalue weighted by Crippen LogP contribution is -2.52. The van der Waals surface area contributed by atoms with Crippen LogP contribution < -0.4 is 10.1 Å². The van der Waals surface area contributed by atoms with E-state index >= 15 is 0 Å². The maximum absolute atomic E-state index is 12.4. The number of ether oxygens (including phenoxy) is 2. The summed E-state index contributed by atoms with van der Waals surface area (Å²) in [4.78, 5) is 26.5. The summed E-state index contributed by atoms with van der Waals surface area (Å²) < 4.78 is 11.5. The fourth-order valence-corrected chi connectivity index (χ4v) is 3.18. The van der Waals surface area contributed by atoms with Gasteiger partial charge in [0.2, 0.25) is 0 Å². The maximum Gasteiger partial charge on any atom is 0.317 e. The number of carbonyl (C=O) groups excluding carboxylic acids is 1. The molecule has 1 atom stereocenters. The second-order valence-electron chi connectivity index (χ2n) is 7.30. The minimum absolute atomic E-state index is 0.0543. The number of carbonyl (C=O) groups is 2. The third-order valence-electron chi connectivity index (χ3n) is 4.52. The first kappa shape index (κ1) is 22.0. The molecule has 2 N–H and O–H groups in total. The van der Waals surface area contributed by atoms with E-state index in [9.17, 15) is 9.59 Å². The highest BCUT2D eigenvalue weighted by Crippen LogP contribution is 2.25. The molecule has 0 aliphatic carbocycles. The molecular formula is C20H31N3O5. The van der Waals surface area contributed by atoms with Gasteiger partial charge in [0.1, 0.15) is 12.4 Å². The molecule has 1 aliphatic heterocycles. The molecule has 2 amide bonds. The van der Waals surface area contributed by atoms with Crippen LogP contribution in [0, 0.1) is 0 Å². The number of carboxylic acid groups (broad SMARTS) is 1. The molecule has 1 unspecified atom stereocenters. The van der Waals surface area contributed by atoms with Crippen molar-refractivity contribution < 1.29 is 24.2 Å². The highest BCUT2D eigenvalue weighted by molar-refractivity contribution is 5.74. The van der Waals surface area contributed by atoms with E-state index in [2.05, 4.69) is 19.2 Å². The minimum Gasteiger partial charge on any atom is -0.491 e. The van der Waals surface area contributed by atoms with Crippen LogP contribution >= 0.6 is 0 Å². The number of urea groups is 1. The van der Waals surface area contributed by atoms with Gasteiger partial charge in [-0.1, -0.05) is 32.0 Å². The van der Waals surface area contributed by atoms with Crippen molar-refractivity contribution in [1.82, 2.24) is 15.1 Å². The van der Waals surface area contributed by atoms with E-state index in [1.807, 2.05) is 24.3 Å². The molecule has 1 fully saturated rings. The van der Waals surface area contributed by atoms with Crippen LogP contribution in [-0.2, 0) is 9.53 Å². The molecule has 1 saturated heterocycles. The van der Waals surface area contributed by atoms with Crippen LogP contribution in [0.5, 0.6) is 5.75 Å². The number of likely N-dealkylation sites (N-methyl/N-ethyl adjacent to an activating group) is 1. The first-order valence-electron chi connectivity index (χ1n) is 9.63. The molecule has 1 heterocycles. The smallest absolute Gasteiger partial charge is 0.317 e. The largest absolute Gasteiger partial charge is 0.491 e. The van der Waals surface area contributed by atoms with Crippen molar-refractivity contribution >= 4 is 12.0 Å². The summed E-state index contributed by atoms with van der Waals surface area (Å²) in [6, 6.07) is 7.77. The Labute approximate surface area is 166 Å². The average molecular weight is 393 g/mol. The van der Waals surface area contributed by atoms with Crippen LogP contribution in [-0.4, -0.2) is 86.0 Å². The highest BCUT2D eigenvalue weighted by Gasteiger charge is 2.25. The Kier molecular flexibility index (Phi) is 8.53. The minimum atomic E-state index is -0.882. The number of aliphatic carboxylic acids is 1. The van der Waals surface area contributed by atoms with Crippen molar-refractivity contribution in [2.45, 2.75) is 25.9 Å². The van der Waals surface area contributed by atoms with Gasteiger partial charge in [-0.3, -0.25) is 9.69 Å². The number of nitrogens with one attached hydrogen (secondary N) is 1. The van der Waals surface area contributed by atoms with Gasteiger partial charge in [-0.15, -0.1) is 0 Å². The van der Waals surface area contributed by atoms with Gasteiger partial charge in [-0.05, 0) is 24.6 Å². The molecule has 2 rings (SSSR count). The topological polar surface area (TPSA) is 91.3 Å². The molecule has 8 heteroatoms. The number of nitrogens with zero attached hydrogens (tertiary/aromatic N) is 2. The Balaban J connectivity index is 1.73. The third kappa shape index (κ3) is 7.01. The molecular weight excluding hydrogens is 362 g/mol. The predicted molar refractivity (Wildman–Crippen MR) is 106 cm³/mol. The molecule has 0 saturated carbocycles. The summed E-state index contributed by atoms with van der Waals surface area (Å²) in [6.07, 6.45) is -0.196. The van der Waals surface area contributed by atoms with Crippen LogP contribution in [0.1, 0.15) is 25.3 Å². The lowest BCUT2D eigenvalue weighted by atomic mass is 10.0. The van der Waals surface area contributed by atoms with E-state index in [0.717, 1.165) is 11.3 Å². The van der Waals surface area contributed by atoms with Crippen molar-refractivity contribution in [2.75, 3.05) is 53.0 Å². The molecule has 28 heavy (non-hydrogen) atoms. The van der Waals surface area contributed by atoms with Crippen LogP contribution in [0.4, 0.5) is 4.79 Å². The average Bonchev–Trinajstić information content (AvgIpc) is 2.64. The standard InChI is InChI=1S/C20H31N3O5/c1-15(2)17-6-4-5-7-18(17)28-10-8-21-20(26)23-9-11-27-16(13-23)12-22(3)14-19(24)25/h4-7,15-16H,8-14H2,1-3H3,(H,21,26)(H,24,25). The van der Waals surface area contributed by atoms with Crippen LogP contribution in [0.2, 0.25) is 0 Å². The number of amides is 2. The Morgan fingerprint density at radius 1 is 1.39 bits per heavy atom. The zero-order valence-corrected chi connectivity index (χ0v) is 16.9. The summed E-state index contributed by atoms with van der Waals surface area (Å²) in [5, 5.41) is 11.7. The molecule has 0 aromatic heterocycles. The molecule has 1 aromatic rings. The maximum atomic E-state index is 12.4. The number of benzene rings is 1. The van der Waals surface area contributed by atoms with Gasteiger partial charge in [0.05, 0.1) is 25.8 Å². The number of carboxylic acids is 1. The van der Waals surface area contributed by atoms with E-state index in [0.29, 0.717) is 45.3 Å². The SMILES string of the molecule is CC(C)c1ccccc1OCCNC(=O)N1CCOC(CN(C)CC(=O)O)C1. The van der Waals surface area contributed by atoms with Crippen LogP contribution in [0.3, 0.4) is 0 Å². The quantitative estimate of drug-likeness (QED) is 0.620. The summed E-state index contributed by atoms with van der Waals surface area (Å²) in [6.45, 7) is 6.84. The molecule has 8 nitrogen and oxygen atoms in total. The number of hydrogen-bond acceptors (Lipinski definition) is 5. The highest BCUT2D eigenvalue weighted by atomic mass is 16.5. The van der Waals surface area contributed by atoms with E-state index in [-0.39, 0.29) is 18.7 Å². The van der Waals surface area contributed by atoms with Crippen LogP contribution in [0.15, 0.2) is 24.3 Å². The van der Waals surface area contributed by atoms with Crippen LogP contribution in [0.25, 0.3) is 0 Å². The second kappa shape index (κ2) is 10.9. The lowest BCUT2D eigenvalue weighted by Gasteiger charge is -2.34. The lowest BCUT2D eigenvalue weighted by molar-refractivity contribution is -0.138. The molecule has 0 bridgehead atoms. The second-order valence-corrected chi connectivity index (χ2v) is 7.30. The zero-order chi connectivity index (χ0) is 20.5. The Morgan fingerprint density at radius 2 is 2.14 bits per heavy atom. The van der Waals surface area contributed by atoms with Gasteiger partial charge in [0.15, 0.2) is 0 Å². The predicted octanol–water partition coefficient (Wildman–Crippen LogP) is 1.62. The van der Waals surface area contributed by atoms with Gasteiger partial charge in [0, 0.05) is 19.6 Å². The number of para-hydroxylation sites is 1. The van der Waals surface area contributed by atoms with E-state index in [1.54, 1.807) is 16.8 Å². The van der Waals surface area contributed by atoms with Gasteiger partial charge >= 0.3 is 12.0 Å². The van der Waals surface area contributed by atoms with Crippen molar-refractivity contribution in [1.29, 1.82) is 0 Å². The third-order valence-corrected chi connectivity index (χ3v) is 4.52. The van der Waals surface area contributed by atoms with Gasteiger partial charge in [-0.2, -0.15) is 0 Å². The molecule has 1 aliphatic rings. The first-order valence-corrected chi connectivity index (χ1v) is 9.63. The number of hydrogen-bond donors (Lipinski definition) is 2. The fourth-order valence-electron chi connectivity index (χ4n) is 3.18. The van der Waals surface area contributed by atoms with Crippen molar-refractivity contribution in [2.24, 2.45) is 0 Å². The van der Waals surface area contributed by atoms with Gasteiger partial charge in [-0.25, -0.2) is 4.79 Å².